The molecule has 0 aliphatic heterocycles. The molecule has 0 radical (unpaired) electrons. The smallest absolute Gasteiger partial charge is 0.0411 e. The second-order valence-corrected chi connectivity index (χ2v) is 5.06. The van der Waals surface area contributed by atoms with Crippen LogP contribution in [0.4, 0.5) is 0 Å². The van der Waals surface area contributed by atoms with Crippen LogP contribution in [0, 0.1) is 5.41 Å². The maximum absolute atomic E-state index is 2.21. The highest BCUT2D eigenvalue weighted by atomic mass is 14.0. The molecule has 100 valence electrons. The standard InChI is InChI=1S/2C5H12.C3H8.2CH4/c1-5(2,3)4;1-3-5-4-2;1-3-2;;/h1-4H3;3-5H2,1-2H3;3H2,1-2H3;2*1H4. The van der Waals surface area contributed by atoms with Crippen molar-refractivity contribution in [3.8, 4) is 0 Å². The highest BCUT2D eigenvalue weighted by Gasteiger charge is 1.95. The molecule has 0 aliphatic rings. The molecule has 0 aliphatic carbocycles. The summed E-state index contributed by atoms with van der Waals surface area (Å²) in [6, 6.07) is 0. The minimum absolute atomic E-state index is 0. The van der Waals surface area contributed by atoms with E-state index < -0.39 is 0 Å². The molecule has 0 heteroatoms. The van der Waals surface area contributed by atoms with Crippen molar-refractivity contribution < 1.29 is 0 Å². The van der Waals surface area contributed by atoms with Crippen LogP contribution in [0.3, 0.4) is 0 Å². The molecular formula is C15H40. The highest BCUT2D eigenvalue weighted by molar-refractivity contribution is 4.47. The molecule has 0 atom stereocenters. The van der Waals surface area contributed by atoms with Crippen LogP contribution in [0.1, 0.15) is 95.9 Å². The van der Waals surface area contributed by atoms with Gasteiger partial charge in [0.05, 0.1) is 0 Å². The Labute approximate surface area is 102 Å². The zero-order chi connectivity index (χ0) is 11.3. The van der Waals surface area contributed by atoms with E-state index in [1.165, 1.54) is 25.7 Å². The number of rotatable bonds is 2. The first kappa shape index (κ1) is 29.4. The summed E-state index contributed by atoms with van der Waals surface area (Å²) in [5.74, 6) is 0. The van der Waals surface area contributed by atoms with Crippen molar-refractivity contribution >= 4 is 0 Å². The molecule has 0 heterocycles. The fraction of sp³-hybridized carbons (Fsp3) is 1.00. The zero-order valence-corrected chi connectivity index (χ0v) is 11.3. The molecule has 0 aromatic rings. The van der Waals surface area contributed by atoms with Crippen molar-refractivity contribution in [3.05, 3.63) is 0 Å². The van der Waals surface area contributed by atoms with E-state index in [9.17, 15) is 0 Å². The number of hydrogen-bond donors (Lipinski definition) is 0. The summed E-state index contributed by atoms with van der Waals surface area (Å²) < 4.78 is 0. The van der Waals surface area contributed by atoms with Gasteiger partial charge < -0.3 is 0 Å². The highest BCUT2D eigenvalue weighted by Crippen LogP contribution is 2.08. The van der Waals surface area contributed by atoms with Gasteiger partial charge in [0.15, 0.2) is 0 Å². The molecule has 0 aromatic heterocycles. The largest absolute Gasteiger partial charge is 0.0776 e. The van der Waals surface area contributed by atoms with Crippen molar-refractivity contribution in [2.24, 2.45) is 5.41 Å². The molecular weight excluding hydrogens is 180 g/mol. The molecule has 15 heavy (non-hydrogen) atoms. The topological polar surface area (TPSA) is 0 Å². The van der Waals surface area contributed by atoms with E-state index in [0.717, 1.165) is 0 Å². The second kappa shape index (κ2) is 23.7. The molecule has 0 fully saturated rings. The minimum Gasteiger partial charge on any atom is -0.0776 e. The van der Waals surface area contributed by atoms with Gasteiger partial charge in [-0.15, -0.1) is 0 Å². The van der Waals surface area contributed by atoms with Crippen LogP contribution in [0.25, 0.3) is 0 Å². The van der Waals surface area contributed by atoms with Gasteiger partial charge in [-0.1, -0.05) is 95.9 Å². The van der Waals surface area contributed by atoms with Crippen LogP contribution in [-0.2, 0) is 0 Å². The Bertz CT molecular complexity index is 48.9. The normalized spacial score (nSPS) is 8.00. The van der Waals surface area contributed by atoms with Gasteiger partial charge in [-0.2, -0.15) is 0 Å². The summed E-state index contributed by atoms with van der Waals surface area (Å²) in [6.45, 7) is 17.4. The Hall–Kier alpha value is 0. The maximum Gasteiger partial charge on any atom is -0.0411 e. The van der Waals surface area contributed by atoms with Crippen molar-refractivity contribution in [2.45, 2.75) is 95.9 Å². The Morgan fingerprint density at radius 2 is 0.800 bits per heavy atom. The Kier molecular flexibility index (Phi) is 46.4. The molecule has 0 bridgehead atoms. The maximum atomic E-state index is 2.21. The predicted molar refractivity (Wildman–Crippen MR) is 79.8 cm³/mol. The summed E-state index contributed by atoms with van der Waals surface area (Å²) in [5.41, 5.74) is 0.500. The van der Waals surface area contributed by atoms with E-state index >= 15 is 0 Å². The first-order valence-electron chi connectivity index (χ1n) is 5.83. The third-order valence-corrected chi connectivity index (χ3v) is 0.707. The van der Waals surface area contributed by atoms with E-state index in [1.807, 2.05) is 0 Å². The third-order valence-electron chi connectivity index (χ3n) is 0.707. The van der Waals surface area contributed by atoms with Gasteiger partial charge in [0.25, 0.3) is 0 Å². The first-order valence-corrected chi connectivity index (χ1v) is 5.83. The molecule has 0 saturated heterocycles. The van der Waals surface area contributed by atoms with Gasteiger partial charge in [0.2, 0.25) is 0 Å². The van der Waals surface area contributed by atoms with Gasteiger partial charge >= 0.3 is 0 Å². The molecule has 0 spiro atoms. The van der Waals surface area contributed by atoms with Gasteiger partial charge in [0, 0.05) is 0 Å². The van der Waals surface area contributed by atoms with Crippen LogP contribution in [0.15, 0.2) is 0 Å². The van der Waals surface area contributed by atoms with Crippen LogP contribution in [-0.4, -0.2) is 0 Å². The summed E-state index contributed by atoms with van der Waals surface area (Å²) in [5, 5.41) is 0. The molecule has 0 saturated carbocycles. The number of hydrogen-bond acceptors (Lipinski definition) is 0. The van der Waals surface area contributed by atoms with Crippen molar-refractivity contribution in [1.29, 1.82) is 0 Å². The monoisotopic (exact) mass is 220 g/mol. The lowest BCUT2D eigenvalue weighted by molar-refractivity contribution is 0.469. The lowest BCUT2D eigenvalue weighted by Crippen LogP contribution is -1.93. The van der Waals surface area contributed by atoms with Gasteiger partial charge in [-0.05, 0) is 5.41 Å². The van der Waals surface area contributed by atoms with E-state index in [4.69, 9.17) is 0 Å². The molecule has 0 rings (SSSR count). The molecule has 0 amide bonds. The van der Waals surface area contributed by atoms with E-state index in [0.29, 0.717) is 5.41 Å². The van der Waals surface area contributed by atoms with Gasteiger partial charge in [-0.3, -0.25) is 0 Å². The van der Waals surface area contributed by atoms with Crippen molar-refractivity contribution in [3.63, 3.8) is 0 Å². The average molecular weight is 220 g/mol. The van der Waals surface area contributed by atoms with Gasteiger partial charge in [0.1, 0.15) is 0 Å². The van der Waals surface area contributed by atoms with E-state index in [-0.39, 0.29) is 14.9 Å². The van der Waals surface area contributed by atoms with Crippen molar-refractivity contribution in [2.75, 3.05) is 0 Å². The van der Waals surface area contributed by atoms with E-state index in [1.54, 1.807) is 0 Å². The lowest BCUT2D eigenvalue weighted by Gasteiger charge is -2.05. The third kappa shape index (κ3) is 504. The Morgan fingerprint density at radius 1 is 0.667 bits per heavy atom. The first-order chi connectivity index (χ1) is 5.83. The molecule has 0 nitrogen and oxygen atoms in total. The van der Waals surface area contributed by atoms with Crippen LogP contribution < -0.4 is 0 Å². The second-order valence-electron chi connectivity index (χ2n) is 5.06. The summed E-state index contributed by atoms with van der Waals surface area (Å²) >= 11 is 0. The van der Waals surface area contributed by atoms with Crippen molar-refractivity contribution in [1.82, 2.24) is 0 Å². The average Bonchev–Trinajstić information content (AvgIpc) is 1.87. The molecule has 0 aromatic carbocycles. The molecule has 0 unspecified atom stereocenters. The van der Waals surface area contributed by atoms with Gasteiger partial charge in [-0.25, -0.2) is 0 Å². The summed E-state index contributed by atoms with van der Waals surface area (Å²) in [4.78, 5) is 0. The molecule has 0 N–H and O–H groups in total. The van der Waals surface area contributed by atoms with Crippen LogP contribution >= 0.6 is 0 Å². The quantitative estimate of drug-likeness (QED) is 0.473. The number of unbranched alkanes of at least 4 members (excludes halogenated alkanes) is 2. The summed E-state index contributed by atoms with van der Waals surface area (Å²) in [6.07, 6.45) is 5.33. The summed E-state index contributed by atoms with van der Waals surface area (Å²) in [7, 11) is 0. The van der Waals surface area contributed by atoms with Crippen LogP contribution in [0.5, 0.6) is 0 Å². The minimum atomic E-state index is 0. The predicted octanol–water partition coefficient (Wildman–Crippen LogP) is 6.94. The fourth-order valence-corrected chi connectivity index (χ4v) is 0.354. The SMILES string of the molecule is C.C.CC(C)(C)C.CCC.CCCCC. The van der Waals surface area contributed by atoms with Crippen LogP contribution in [0.2, 0.25) is 0 Å². The van der Waals surface area contributed by atoms with E-state index in [2.05, 4.69) is 55.4 Å². The Morgan fingerprint density at radius 3 is 0.800 bits per heavy atom. The fourth-order valence-electron chi connectivity index (χ4n) is 0.354. The Balaban J connectivity index is -0.0000000322. The lowest BCUT2D eigenvalue weighted by atomic mass is 10.0. The zero-order valence-electron chi connectivity index (χ0n) is 11.3.